The fourth-order valence-electron chi connectivity index (χ4n) is 2.81. The van der Waals surface area contributed by atoms with Crippen LogP contribution in [0.1, 0.15) is 24.5 Å². The first-order valence-corrected chi connectivity index (χ1v) is 7.73. The lowest BCUT2D eigenvalue weighted by molar-refractivity contribution is 0.0353. The summed E-state index contributed by atoms with van der Waals surface area (Å²) < 4.78 is 33.6. The molecule has 1 aromatic heterocycles. The number of rotatable bonds is 4. The Balaban J connectivity index is 1.85. The molecule has 3 rings (SSSR count). The molecule has 124 valence electrons. The Bertz CT molecular complexity index is 683. The third-order valence-corrected chi connectivity index (χ3v) is 3.96. The van der Waals surface area contributed by atoms with Gasteiger partial charge in [0, 0.05) is 31.6 Å². The van der Waals surface area contributed by atoms with Crippen LogP contribution < -0.4 is 0 Å². The van der Waals surface area contributed by atoms with Crippen molar-refractivity contribution in [3.63, 3.8) is 0 Å². The Hall–Kier alpha value is -1.86. The quantitative estimate of drug-likeness (QED) is 0.866. The van der Waals surface area contributed by atoms with Crippen LogP contribution in [0.4, 0.5) is 8.78 Å². The van der Waals surface area contributed by atoms with Crippen LogP contribution in [-0.4, -0.2) is 52.5 Å². The van der Waals surface area contributed by atoms with Crippen molar-refractivity contribution in [3.05, 3.63) is 41.5 Å². The molecule has 0 aliphatic carbocycles. The van der Waals surface area contributed by atoms with Crippen LogP contribution in [0.3, 0.4) is 0 Å². The molecule has 1 fully saturated rings. The fraction of sp³-hybridized carbons (Fsp3) is 0.500. The minimum absolute atomic E-state index is 0.113. The summed E-state index contributed by atoms with van der Waals surface area (Å²) in [5.41, 5.74) is 0.480. The van der Waals surface area contributed by atoms with E-state index in [4.69, 9.17) is 4.74 Å². The normalized spacial score (nSPS) is 17.4. The Morgan fingerprint density at radius 3 is 2.65 bits per heavy atom. The minimum atomic E-state index is -0.887. The number of hydrogen-bond acceptors (Lipinski definition) is 4. The first-order chi connectivity index (χ1) is 11.0. The van der Waals surface area contributed by atoms with Gasteiger partial charge in [-0.3, -0.25) is 4.90 Å². The molecule has 2 aromatic rings. The van der Waals surface area contributed by atoms with Crippen LogP contribution in [0, 0.1) is 18.6 Å². The van der Waals surface area contributed by atoms with E-state index >= 15 is 0 Å². The van der Waals surface area contributed by atoms with Crippen LogP contribution >= 0.6 is 0 Å². The first kappa shape index (κ1) is 16.0. The van der Waals surface area contributed by atoms with Gasteiger partial charge in [-0.1, -0.05) is 6.92 Å². The summed E-state index contributed by atoms with van der Waals surface area (Å²) in [5.74, 6) is -0.281. The lowest BCUT2D eigenvalue weighted by Gasteiger charge is -2.28. The molecule has 0 amide bonds. The second-order valence-electron chi connectivity index (χ2n) is 5.84. The highest BCUT2D eigenvalue weighted by Crippen LogP contribution is 2.21. The van der Waals surface area contributed by atoms with E-state index in [0.29, 0.717) is 11.5 Å². The summed E-state index contributed by atoms with van der Waals surface area (Å²) in [7, 11) is 0. The maximum Gasteiger partial charge on any atom is 0.160 e. The zero-order valence-corrected chi connectivity index (χ0v) is 13.3. The van der Waals surface area contributed by atoms with Gasteiger partial charge in [-0.05, 0) is 19.1 Å². The van der Waals surface area contributed by atoms with Crippen molar-refractivity contribution >= 4 is 0 Å². The van der Waals surface area contributed by atoms with Crippen LogP contribution in [0.25, 0.3) is 5.69 Å². The molecule has 1 atom stereocenters. The molecular weight excluding hydrogens is 302 g/mol. The molecule has 23 heavy (non-hydrogen) atoms. The van der Waals surface area contributed by atoms with Gasteiger partial charge in [0.2, 0.25) is 0 Å². The Morgan fingerprint density at radius 2 is 1.96 bits per heavy atom. The number of benzene rings is 1. The monoisotopic (exact) mass is 322 g/mol. The van der Waals surface area contributed by atoms with E-state index in [1.165, 1.54) is 6.07 Å². The Labute approximate surface area is 133 Å². The van der Waals surface area contributed by atoms with Gasteiger partial charge in [0.05, 0.1) is 18.9 Å². The zero-order valence-electron chi connectivity index (χ0n) is 13.3. The molecule has 1 aliphatic rings. The van der Waals surface area contributed by atoms with E-state index in [9.17, 15) is 8.78 Å². The third-order valence-electron chi connectivity index (χ3n) is 3.96. The summed E-state index contributed by atoms with van der Waals surface area (Å²) >= 11 is 0. The lowest BCUT2D eigenvalue weighted by Crippen LogP contribution is -2.38. The van der Waals surface area contributed by atoms with Crippen molar-refractivity contribution in [2.24, 2.45) is 0 Å². The van der Waals surface area contributed by atoms with E-state index in [0.717, 1.165) is 50.8 Å². The van der Waals surface area contributed by atoms with Crippen molar-refractivity contribution in [2.75, 3.05) is 32.8 Å². The number of morpholine rings is 1. The van der Waals surface area contributed by atoms with Gasteiger partial charge in [0.15, 0.2) is 11.6 Å². The van der Waals surface area contributed by atoms with Crippen molar-refractivity contribution in [2.45, 2.75) is 19.8 Å². The largest absolute Gasteiger partial charge is 0.379 e. The highest BCUT2D eigenvalue weighted by Gasteiger charge is 2.21. The van der Waals surface area contributed by atoms with Crippen LogP contribution in [-0.2, 0) is 4.74 Å². The first-order valence-electron chi connectivity index (χ1n) is 7.73. The van der Waals surface area contributed by atoms with Gasteiger partial charge < -0.3 is 4.74 Å². The maximum atomic E-state index is 13.5. The van der Waals surface area contributed by atoms with E-state index in [1.54, 1.807) is 11.6 Å². The van der Waals surface area contributed by atoms with Gasteiger partial charge in [0.1, 0.15) is 11.6 Å². The number of aromatic nitrogens is 3. The molecule has 1 aliphatic heterocycles. The molecule has 7 heteroatoms. The summed E-state index contributed by atoms with van der Waals surface area (Å²) in [5, 5.41) is 4.34. The summed E-state index contributed by atoms with van der Waals surface area (Å²) in [6, 6.07) is 3.77. The molecule has 1 saturated heterocycles. The zero-order chi connectivity index (χ0) is 16.4. The Kier molecular flexibility index (Phi) is 4.68. The van der Waals surface area contributed by atoms with Gasteiger partial charge in [-0.2, -0.15) is 5.10 Å². The van der Waals surface area contributed by atoms with E-state index in [1.807, 2.05) is 0 Å². The molecule has 1 aromatic carbocycles. The standard InChI is InChI=1S/C16H20F2N4O/c1-11(10-21-5-7-23-8-6-21)16-19-12(2)20-22(16)13-3-4-14(17)15(18)9-13/h3-4,9,11H,5-8,10H2,1-2H3. The van der Waals surface area contributed by atoms with Gasteiger partial charge in [-0.25, -0.2) is 18.4 Å². The molecule has 1 unspecified atom stereocenters. The highest BCUT2D eigenvalue weighted by molar-refractivity contribution is 5.33. The van der Waals surface area contributed by atoms with Gasteiger partial charge in [0.25, 0.3) is 0 Å². The van der Waals surface area contributed by atoms with Crippen LogP contribution in [0.2, 0.25) is 0 Å². The summed E-state index contributed by atoms with van der Waals surface area (Å²) in [4.78, 5) is 6.80. The predicted octanol–water partition coefficient (Wildman–Crippen LogP) is 2.29. The lowest BCUT2D eigenvalue weighted by atomic mass is 10.1. The summed E-state index contributed by atoms with van der Waals surface area (Å²) in [6.07, 6.45) is 0. The molecule has 0 spiro atoms. The molecular formula is C16H20F2N4O. The second kappa shape index (κ2) is 6.72. The number of aryl methyl sites for hydroxylation is 1. The van der Waals surface area contributed by atoms with Gasteiger partial charge in [-0.15, -0.1) is 0 Å². The van der Waals surface area contributed by atoms with Crippen LogP contribution in [0.15, 0.2) is 18.2 Å². The van der Waals surface area contributed by atoms with Crippen molar-refractivity contribution in [3.8, 4) is 5.69 Å². The molecule has 0 radical (unpaired) electrons. The van der Waals surface area contributed by atoms with Gasteiger partial charge >= 0.3 is 0 Å². The number of nitrogens with zero attached hydrogens (tertiary/aromatic N) is 4. The van der Waals surface area contributed by atoms with Crippen LogP contribution in [0.5, 0.6) is 0 Å². The number of ether oxygens (including phenoxy) is 1. The van der Waals surface area contributed by atoms with E-state index in [2.05, 4.69) is 21.9 Å². The smallest absolute Gasteiger partial charge is 0.160 e. The molecule has 5 nitrogen and oxygen atoms in total. The van der Waals surface area contributed by atoms with Crippen molar-refractivity contribution < 1.29 is 13.5 Å². The topological polar surface area (TPSA) is 43.2 Å². The molecule has 0 N–H and O–H groups in total. The second-order valence-corrected chi connectivity index (χ2v) is 5.84. The average molecular weight is 322 g/mol. The van der Waals surface area contributed by atoms with Crippen molar-refractivity contribution in [1.82, 2.24) is 19.7 Å². The molecule has 2 heterocycles. The fourth-order valence-corrected chi connectivity index (χ4v) is 2.81. The average Bonchev–Trinajstić information content (AvgIpc) is 2.93. The summed E-state index contributed by atoms with van der Waals surface area (Å²) in [6.45, 7) is 7.94. The van der Waals surface area contributed by atoms with Crippen molar-refractivity contribution in [1.29, 1.82) is 0 Å². The van der Waals surface area contributed by atoms with E-state index < -0.39 is 11.6 Å². The predicted molar refractivity (Wildman–Crippen MR) is 81.7 cm³/mol. The number of halogens is 2. The Morgan fingerprint density at radius 1 is 1.22 bits per heavy atom. The maximum absolute atomic E-state index is 13.5. The minimum Gasteiger partial charge on any atom is -0.379 e. The van der Waals surface area contributed by atoms with E-state index in [-0.39, 0.29) is 5.92 Å². The number of hydrogen-bond donors (Lipinski definition) is 0. The molecule has 0 saturated carbocycles. The molecule has 0 bridgehead atoms. The SMILES string of the molecule is Cc1nc(C(C)CN2CCOCC2)n(-c2ccc(F)c(F)c2)n1. The highest BCUT2D eigenvalue weighted by atomic mass is 19.2. The third kappa shape index (κ3) is 3.56.